The number of rotatable bonds is 6. The monoisotopic (exact) mass is 419 g/mol. The lowest BCUT2D eigenvalue weighted by Gasteiger charge is -2.37. The van der Waals surface area contributed by atoms with Gasteiger partial charge in [0.15, 0.2) is 0 Å². The number of likely N-dealkylation sites (tertiary alicyclic amines) is 1. The molecule has 0 aromatic heterocycles. The van der Waals surface area contributed by atoms with Crippen LogP contribution in [-0.2, 0) is 27.7 Å². The number of aryl methyl sites for hydroxylation is 1. The first-order valence-electron chi connectivity index (χ1n) is 11.0. The van der Waals surface area contributed by atoms with Crippen molar-refractivity contribution in [2.45, 2.75) is 76.0 Å². The minimum atomic E-state index is -3.64. The molecule has 2 fully saturated rings. The van der Waals surface area contributed by atoms with E-state index in [2.05, 4.69) is 29.3 Å². The second kappa shape index (κ2) is 8.00. The third kappa shape index (κ3) is 4.23. The van der Waals surface area contributed by atoms with E-state index in [4.69, 9.17) is 5.14 Å². The second-order valence-electron chi connectivity index (χ2n) is 9.02. The average molecular weight is 420 g/mol. The van der Waals surface area contributed by atoms with E-state index in [1.54, 1.807) is 0 Å². The van der Waals surface area contributed by atoms with Gasteiger partial charge in [0.1, 0.15) is 0 Å². The minimum absolute atomic E-state index is 0.0928. The molecule has 3 aliphatic rings. The smallest absolute Gasteiger partial charge is 0.241 e. The molecule has 4 rings (SSSR count). The van der Waals surface area contributed by atoms with Crippen molar-refractivity contribution in [3.63, 3.8) is 0 Å². The lowest BCUT2D eigenvalue weighted by molar-refractivity contribution is -0.122. The molecule has 1 saturated heterocycles. The molecule has 160 valence electrons. The van der Waals surface area contributed by atoms with Crippen molar-refractivity contribution in [3.8, 4) is 0 Å². The highest BCUT2D eigenvalue weighted by atomic mass is 32.2. The Bertz CT molecular complexity index is 895. The van der Waals surface area contributed by atoms with Crippen LogP contribution in [0.2, 0.25) is 0 Å². The van der Waals surface area contributed by atoms with Gasteiger partial charge in [0, 0.05) is 12.2 Å². The van der Waals surface area contributed by atoms with Crippen LogP contribution < -0.4 is 10.5 Å². The molecule has 29 heavy (non-hydrogen) atoms. The molecular weight excluding hydrogens is 386 g/mol. The predicted octanol–water partition coefficient (Wildman–Crippen LogP) is 2.77. The lowest BCUT2D eigenvalue weighted by Crippen LogP contribution is -2.52. The maximum Gasteiger partial charge on any atom is 0.241 e. The summed E-state index contributed by atoms with van der Waals surface area (Å²) >= 11 is 0. The van der Waals surface area contributed by atoms with Crippen LogP contribution >= 0.6 is 0 Å². The van der Waals surface area contributed by atoms with E-state index < -0.39 is 21.3 Å². The molecule has 1 aromatic carbocycles. The van der Waals surface area contributed by atoms with E-state index in [0.717, 1.165) is 24.9 Å². The summed E-state index contributed by atoms with van der Waals surface area (Å²) in [6.45, 7) is 5.57. The van der Waals surface area contributed by atoms with Crippen molar-refractivity contribution < 1.29 is 13.2 Å². The number of carbonyl (C=O) groups excluding carboxylic acids is 1. The number of fused-ring (bicyclic) bond motifs is 1. The van der Waals surface area contributed by atoms with Crippen molar-refractivity contribution in [2.75, 3.05) is 18.4 Å². The molecule has 3 unspecified atom stereocenters. The summed E-state index contributed by atoms with van der Waals surface area (Å²) in [6.07, 6.45) is 6.45. The first-order valence-corrected chi connectivity index (χ1v) is 12.6. The summed E-state index contributed by atoms with van der Waals surface area (Å²) in [5.74, 6) is 1.05. The number of nitrogens with two attached hydrogens (primary N) is 1. The van der Waals surface area contributed by atoms with Crippen LogP contribution in [0.15, 0.2) is 12.1 Å². The molecule has 1 heterocycles. The molecule has 7 heteroatoms. The Labute approximate surface area is 174 Å². The Hall–Kier alpha value is -1.44. The second-order valence-corrected chi connectivity index (χ2v) is 10.9. The molecular formula is C22H33N3O3S. The fraction of sp³-hybridized carbons (Fsp3) is 0.682. The van der Waals surface area contributed by atoms with Gasteiger partial charge in [-0.15, -0.1) is 0 Å². The van der Waals surface area contributed by atoms with E-state index in [9.17, 15) is 13.2 Å². The quantitative estimate of drug-likeness (QED) is 0.742. The predicted molar refractivity (Wildman–Crippen MR) is 115 cm³/mol. The molecule has 1 aromatic rings. The van der Waals surface area contributed by atoms with Crippen LogP contribution in [0.3, 0.4) is 0 Å². The van der Waals surface area contributed by atoms with Crippen molar-refractivity contribution in [1.29, 1.82) is 0 Å². The molecule has 0 radical (unpaired) electrons. The van der Waals surface area contributed by atoms with E-state index >= 15 is 0 Å². The third-order valence-electron chi connectivity index (χ3n) is 7.22. The number of anilines is 1. The zero-order chi connectivity index (χ0) is 20.8. The number of hydrogen-bond acceptors (Lipinski definition) is 4. The Morgan fingerprint density at radius 1 is 1.28 bits per heavy atom. The Kier molecular flexibility index (Phi) is 5.75. The van der Waals surface area contributed by atoms with Crippen LogP contribution in [0.1, 0.15) is 68.6 Å². The maximum atomic E-state index is 13.4. The highest BCUT2D eigenvalue weighted by molar-refractivity contribution is 7.89. The van der Waals surface area contributed by atoms with Crippen molar-refractivity contribution in [2.24, 2.45) is 11.1 Å². The number of nitrogens with zero attached hydrogens (tertiary/aromatic N) is 1. The first kappa shape index (κ1) is 20.8. The van der Waals surface area contributed by atoms with Gasteiger partial charge in [0.2, 0.25) is 15.9 Å². The van der Waals surface area contributed by atoms with Crippen LogP contribution in [-0.4, -0.2) is 43.6 Å². The standard InChI is InChI=1S/C22H33N3O3S/c1-3-25-12-11-17(29(23,27)28)13-20(25)22(26)24-21-18(14(2)15-7-8-15)10-9-16-5-4-6-19(16)21/h9-10,14-15,17,20H,3-8,11-13H2,1-2H3,(H,24,26)(H2,23,27,28). The molecule has 0 spiro atoms. The van der Waals surface area contributed by atoms with Gasteiger partial charge in [0.05, 0.1) is 11.3 Å². The number of carbonyl (C=O) groups is 1. The highest BCUT2D eigenvalue weighted by Crippen LogP contribution is 2.46. The molecule has 0 bridgehead atoms. The Balaban J connectivity index is 1.62. The maximum absolute atomic E-state index is 13.4. The number of benzene rings is 1. The summed E-state index contributed by atoms with van der Waals surface area (Å²) in [7, 11) is -3.64. The van der Waals surface area contributed by atoms with Gasteiger partial charge in [0.25, 0.3) is 0 Å². The summed E-state index contributed by atoms with van der Waals surface area (Å²) < 4.78 is 23.8. The van der Waals surface area contributed by atoms with E-state index in [1.807, 2.05) is 6.92 Å². The molecule has 1 aliphatic heterocycles. The third-order valence-corrected chi connectivity index (χ3v) is 8.58. The van der Waals surface area contributed by atoms with Crippen molar-refractivity contribution in [1.82, 2.24) is 4.90 Å². The molecule has 1 amide bonds. The Morgan fingerprint density at radius 2 is 2.03 bits per heavy atom. The number of primary sulfonamides is 1. The van der Waals surface area contributed by atoms with Gasteiger partial charge in [-0.1, -0.05) is 26.0 Å². The number of sulfonamides is 1. The summed E-state index contributed by atoms with van der Waals surface area (Å²) in [5.41, 5.74) is 4.86. The van der Waals surface area contributed by atoms with E-state index in [1.165, 1.54) is 29.5 Å². The van der Waals surface area contributed by atoms with Gasteiger partial charge in [-0.2, -0.15) is 0 Å². The van der Waals surface area contributed by atoms with E-state index in [0.29, 0.717) is 31.3 Å². The molecule has 3 atom stereocenters. The normalized spacial score (nSPS) is 26.2. The number of amides is 1. The zero-order valence-electron chi connectivity index (χ0n) is 17.5. The highest BCUT2D eigenvalue weighted by Gasteiger charge is 2.38. The van der Waals surface area contributed by atoms with Crippen molar-refractivity contribution in [3.05, 3.63) is 28.8 Å². The summed E-state index contributed by atoms with van der Waals surface area (Å²) in [4.78, 5) is 15.5. The number of piperidine rings is 1. The van der Waals surface area contributed by atoms with Gasteiger partial charge >= 0.3 is 0 Å². The number of nitrogens with one attached hydrogen (secondary N) is 1. The summed E-state index contributed by atoms with van der Waals surface area (Å²) in [5, 5.41) is 8.03. The van der Waals surface area contributed by atoms with Gasteiger partial charge < -0.3 is 5.32 Å². The zero-order valence-corrected chi connectivity index (χ0v) is 18.3. The molecule has 6 nitrogen and oxygen atoms in total. The summed E-state index contributed by atoms with van der Waals surface area (Å²) in [6, 6.07) is 3.98. The topological polar surface area (TPSA) is 92.5 Å². The van der Waals surface area contributed by atoms with Crippen LogP contribution in [0.4, 0.5) is 5.69 Å². The SMILES string of the molecule is CCN1CCC(S(N)(=O)=O)CC1C(=O)Nc1c(C(C)C2CC2)ccc2c1CCC2. The van der Waals surface area contributed by atoms with Gasteiger partial charge in [-0.25, -0.2) is 13.6 Å². The van der Waals surface area contributed by atoms with Gasteiger partial charge in [-0.3, -0.25) is 9.69 Å². The molecule has 1 saturated carbocycles. The number of likely N-dealkylation sites (N-methyl/N-ethyl adjacent to an activating group) is 1. The lowest BCUT2D eigenvalue weighted by atomic mass is 9.90. The van der Waals surface area contributed by atoms with Crippen molar-refractivity contribution >= 4 is 21.6 Å². The largest absolute Gasteiger partial charge is 0.324 e. The average Bonchev–Trinajstić information content (AvgIpc) is 3.43. The van der Waals surface area contributed by atoms with E-state index in [-0.39, 0.29) is 12.3 Å². The number of hydrogen-bond donors (Lipinski definition) is 2. The molecule has 3 N–H and O–H groups in total. The molecule has 2 aliphatic carbocycles. The fourth-order valence-corrected chi connectivity index (χ4v) is 6.08. The van der Waals surface area contributed by atoms with Crippen LogP contribution in [0.5, 0.6) is 0 Å². The fourth-order valence-electron chi connectivity index (χ4n) is 5.20. The minimum Gasteiger partial charge on any atom is -0.324 e. The first-order chi connectivity index (χ1) is 13.8. The van der Waals surface area contributed by atoms with Crippen LogP contribution in [0.25, 0.3) is 0 Å². The van der Waals surface area contributed by atoms with Gasteiger partial charge in [-0.05, 0) is 80.0 Å². The van der Waals surface area contributed by atoms with Crippen LogP contribution in [0, 0.1) is 5.92 Å². The Morgan fingerprint density at radius 3 is 2.69 bits per heavy atom.